The lowest BCUT2D eigenvalue weighted by Gasteiger charge is -2.37. The molecule has 2 nitrogen and oxygen atoms in total. The van der Waals surface area contributed by atoms with Gasteiger partial charge in [0.15, 0.2) is 0 Å². The maximum absolute atomic E-state index is 12.2. The Labute approximate surface area is 129 Å². The highest BCUT2D eigenvalue weighted by atomic mass is 16.1. The number of benzene rings is 3. The monoisotopic (exact) mass is 287 g/mol. The van der Waals surface area contributed by atoms with Gasteiger partial charge in [-0.05, 0) is 33.9 Å². The molecule has 1 atom stereocenters. The van der Waals surface area contributed by atoms with Crippen molar-refractivity contribution in [3.8, 4) is 0 Å². The van der Waals surface area contributed by atoms with E-state index in [4.69, 9.17) is 0 Å². The van der Waals surface area contributed by atoms with Crippen LogP contribution in [-0.2, 0) is 16.8 Å². The van der Waals surface area contributed by atoms with Crippen molar-refractivity contribution >= 4 is 17.1 Å². The highest BCUT2D eigenvalue weighted by Gasteiger charge is 2.38. The highest BCUT2D eigenvalue weighted by molar-refractivity contribution is 5.92. The normalized spacial score (nSPS) is 20.5. The summed E-state index contributed by atoms with van der Waals surface area (Å²) >= 11 is 0. The second-order valence-corrected chi connectivity index (χ2v) is 5.79. The number of carbonyl (C=O) groups excluding carboxylic acids is 1. The van der Waals surface area contributed by atoms with E-state index in [0.717, 1.165) is 41.2 Å². The molecule has 1 heterocycles. The molecule has 0 amide bonds. The molecule has 1 aliphatic rings. The second kappa shape index (κ2) is 5.08. The molecule has 1 aliphatic heterocycles. The summed E-state index contributed by atoms with van der Waals surface area (Å²) < 4.78 is 0. The third-order valence-corrected chi connectivity index (χ3v) is 4.63. The molecule has 0 bridgehead atoms. The van der Waals surface area contributed by atoms with Crippen LogP contribution < -0.4 is 5.32 Å². The lowest BCUT2D eigenvalue weighted by molar-refractivity contribution is -0.112. The van der Waals surface area contributed by atoms with Crippen molar-refractivity contribution in [1.82, 2.24) is 5.32 Å². The van der Waals surface area contributed by atoms with Gasteiger partial charge in [0.2, 0.25) is 0 Å². The Kier molecular flexibility index (Phi) is 3.05. The van der Waals surface area contributed by atoms with E-state index in [-0.39, 0.29) is 0 Å². The van der Waals surface area contributed by atoms with Crippen molar-refractivity contribution in [3.63, 3.8) is 0 Å². The van der Waals surface area contributed by atoms with E-state index in [1.807, 2.05) is 30.3 Å². The maximum Gasteiger partial charge on any atom is 0.149 e. The molecule has 3 aromatic rings. The van der Waals surface area contributed by atoms with Crippen LogP contribution in [0, 0.1) is 0 Å². The lowest BCUT2D eigenvalue weighted by atomic mass is 9.77. The first-order valence-corrected chi connectivity index (χ1v) is 7.63. The van der Waals surface area contributed by atoms with Crippen LogP contribution in [0.3, 0.4) is 0 Å². The van der Waals surface area contributed by atoms with Gasteiger partial charge in [-0.1, -0.05) is 66.7 Å². The first-order valence-electron chi connectivity index (χ1n) is 7.63. The molecule has 0 aliphatic carbocycles. The molecule has 0 aromatic heterocycles. The summed E-state index contributed by atoms with van der Waals surface area (Å²) in [5.41, 5.74) is 2.61. The van der Waals surface area contributed by atoms with Gasteiger partial charge in [-0.15, -0.1) is 0 Å². The van der Waals surface area contributed by atoms with Crippen molar-refractivity contribution in [2.75, 3.05) is 6.54 Å². The quantitative estimate of drug-likeness (QED) is 0.732. The summed E-state index contributed by atoms with van der Waals surface area (Å²) in [6.45, 7) is 0.805. The maximum atomic E-state index is 12.2. The van der Waals surface area contributed by atoms with E-state index in [1.54, 1.807) is 0 Å². The summed E-state index contributed by atoms with van der Waals surface area (Å²) in [6, 6.07) is 22.7. The molecule has 0 radical (unpaired) electrons. The molecule has 0 fully saturated rings. The molecule has 0 saturated carbocycles. The molecule has 3 aromatic carbocycles. The Morgan fingerprint density at radius 3 is 2.50 bits per heavy atom. The van der Waals surface area contributed by atoms with Crippen LogP contribution in [0.2, 0.25) is 0 Å². The number of aldehydes is 1. The minimum absolute atomic E-state index is 0.754. The highest BCUT2D eigenvalue weighted by Crippen LogP contribution is 2.36. The fraction of sp³-hybridized carbons (Fsp3) is 0.150. The van der Waals surface area contributed by atoms with Gasteiger partial charge in [-0.3, -0.25) is 5.32 Å². The fourth-order valence-electron chi connectivity index (χ4n) is 3.59. The molecule has 1 unspecified atom stereocenters. The zero-order valence-electron chi connectivity index (χ0n) is 12.3. The molecule has 0 spiro atoms. The van der Waals surface area contributed by atoms with Gasteiger partial charge < -0.3 is 4.79 Å². The van der Waals surface area contributed by atoms with E-state index in [1.165, 1.54) is 5.56 Å². The lowest BCUT2D eigenvalue weighted by Crippen LogP contribution is -2.49. The Morgan fingerprint density at radius 1 is 0.864 bits per heavy atom. The van der Waals surface area contributed by atoms with Gasteiger partial charge >= 0.3 is 0 Å². The van der Waals surface area contributed by atoms with E-state index < -0.39 is 5.54 Å². The Morgan fingerprint density at radius 2 is 1.59 bits per heavy atom. The molecule has 4 rings (SSSR count). The number of rotatable bonds is 2. The third kappa shape index (κ3) is 1.81. The standard InChI is InChI=1S/C20H17NO/c22-14-20(18-10-4-2-7-16(18)12-13-21-20)19-11-5-8-15-6-1-3-9-17(15)19/h1-11,14,21H,12-13H2. The van der Waals surface area contributed by atoms with Gasteiger partial charge in [0.25, 0.3) is 0 Å². The average molecular weight is 287 g/mol. The van der Waals surface area contributed by atoms with Crippen LogP contribution in [0.15, 0.2) is 66.7 Å². The SMILES string of the molecule is O=CC1(c2cccc3ccccc23)NCCc2ccccc21. The number of fused-ring (bicyclic) bond motifs is 2. The first kappa shape index (κ1) is 13.2. The smallest absolute Gasteiger partial charge is 0.149 e. The first-order chi connectivity index (χ1) is 10.8. The molecule has 108 valence electrons. The predicted molar refractivity (Wildman–Crippen MR) is 88.9 cm³/mol. The van der Waals surface area contributed by atoms with E-state index >= 15 is 0 Å². The molecular formula is C20H17NO. The molecule has 0 saturated heterocycles. The van der Waals surface area contributed by atoms with Crippen LogP contribution in [0.4, 0.5) is 0 Å². The molecule has 2 heteroatoms. The van der Waals surface area contributed by atoms with Gasteiger partial charge in [0.1, 0.15) is 11.8 Å². The van der Waals surface area contributed by atoms with Gasteiger partial charge in [0.05, 0.1) is 0 Å². The zero-order valence-corrected chi connectivity index (χ0v) is 12.3. The van der Waals surface area contributed by atoms with E-state index in [2.05, 4.69) is 41.7 Å². The fourth-order valence-corrected chi connectivity index (χ4v) is 3.59. The summed E-state index contributed by atoms with van der Waals surface area (Å²) in [5.74, 6) is 0. The van der Waals surface area contributed by atoms with Crippen LogP contribution in [0.25, 0.3) is 10.8 Å². The Hall–Kier alpha value is -2.45. The summed E-state index contributed by atoms with van der Waals surface area (Å²) in [4.78, 5) is 12.2. The van der Waals surface area contributed by atoms with Gasteiger partial charge in [-0.2, -0.15) is 0 Å². The minimum Gasteiger partial charge on any atom is -0.301 e. The minimum atomic E-state index is -0.754. The Balaban J connectivity index is 2.05. The van der Waals surface area contributed by atoms with Crippen LogP contribution >= 0.6 is 0 Å². The Bertz CT molecular complexity index is 850. The van der Waals surface area contributed by atoms with E-state index in [9.17, 15) is 4.79 Å². The van der Waals surface area contributed by atoms with Crippen LogP contribution in [0.1, 0.15) is 16.7 Å². The number of hydrogen-bond donors (Lipinski definition) is 1. The van der Waals surface area contributed by atoms with Crippen molar-refractivity contribution < 1.29 is 4.79 Å². The predicted octanol–water partition coefficient (Wildman–Crippen LogP) is 3.43. The topological polar surface area (TPSA) is 29.1 Å². The average Bonchev–Trinajstić information content (AvgIpc) is 2.61. The van der Waals surface area contributed by atoms with Crippen molar-refractivity contribution in [2.24, 2.45) is 0 Å². The van der Waals surface area contributed by atoms with Crippen LogP contribution in [0.5, 0.6) is 0 Å². The molecule has 22 heavy (non-hydrogen) atoms. The summed E-state index contributed by atoms with van der Waals surface area (Å²) in [7, 11) is 0. The van der Waals surface area contributed by atoms with Crippen molar-refractivity contribution in [2.45, 2.75) is 12.0 Å². The molecule has 1 N–H and O–H groups in total. The summed E-state index contributed by atoms with van der Waals surface area (Å²) in [5, 5.41) is 5.76. The molecular weight excluding hydrogens is 270 g/mol. The third-order valence-electron chi connectivity index (χ3n) is 4.63. The van der Waals surface area contributed by atoms with E-state index in [0.29, 0.717) is 0 Å². The van der Waals surface area contributed by atoms with Crippen molar-refractivity contribution in [1.29, 1.82) is 0 Å². The summed E-state index contributed by atoms with van der Waals surface area (Å²) in [6.07, 6.45) is 2.02. The van der Waals surface area contributed by atoms with Crippen molar-refractivity contribution in [3.05, 3.63) is 83.4 Å². The zero-order chi connectivity index (χ0) is 15.0. The van der Waals surface area contributed by atoms with Gasteiger partial charge in [-0.25, -0.2) is 0 Å². The second-order valence-electron chi connectivity index (χ2n) is 5.79. The number of hydrogen-bond acceptors (Lipinski definition) is 2. The largest absolute Gasteiger partial charge is 0.301 e. The van der Waals surface area contributed by atoms with Crippen LogP contribution in [-0.4, -0.2) is 12.8 Å². The number of nitrogens with one attached hydrogen (secondary N) is 1. The van der Waals surface area contributed by atoms with Gasteiger partial charge in [0, 0.05) is 6.54 Å². The number of carbonyl (C=O) groups is 1.